The van der Waals surface area contributed by atoms with E-state index < -0.39 is 5.60 Å². The Morgan fingerprint density at radius 2 is 1.96 bits per heavy atom. The fourth-order valence-electron chi connectivity index (χ4n) is 3.04. The number of rotatable bonds is 4. The molecule has 23 heavy (non-hydrogen) atoms. The van der Waals surface area contributed by atoms with Crippen LogP contribution in [0.15, 0.2) is 11.6 Å². The molecule has 2 fully saturated rings. The van der Waals surface area contributed by atoms with Crippen molar-refractivity contribution < 1.29 is 19.1 Å². The third kappa shape index (κ3) is 4.98. The Morgan fingerprint density at radius 1 is 1.26 bits per heavy atom. The second-order valence-corrected chi connectivity index (χ2v) is 7.51. The predicted octanol–water partition coefficient (Wildman–Crippen LogP) is 3.68. The lowest BCUT2D eigenvalue weighted by Gasteiger charge is -2.35. The molecule has 1 saturated carbocycles. The van der Waals surface area contributed by atoms with E-state index >= 15 is 0 Å². The smallest absolute Gasteiger partial charge is 0.410 e. The van der Waals surface area contributed by atoms with Crippen molar-refractivity contribution in [2.24, 2.45) is 5.41 Å². The summed E-state index contributed by atoms with van der Waals surface area (Å²) in [5, 5.41) is 0. The van der Waals surface area contributed by atoms with Gasteiger partial charge in [0.25, 0.3) is 0 Å². The molecule has 0 bridgehead atoms. The number of carbonyl (C=O) groups excluding carboxylic acids is 2. The van der Waals surface area contributed by atoms with E-state index in [2.05, 4.69) is 6.08 Å². The Morgan fingerprint density at radius 3 is 2.52 bits per heavy atom. The van der Waals surface area contributed by atoms with E-state index in [4.69, 9.17) is 9.47 Å². The van der Waals surface area contributed by atoms with Gasteiger partial charge >= 0.3 is 12.1 Å². The molecule has 2 aliphatic rings. The summed E-state index contributed by atoms with van der Waals surface area (Å²) in [7, 11) is 0. The number of carbonyl (C=O) groups is 2. The third-order valence-electron chi connectivity index (χ3n) is 4.45. The minimum atomic E-state index is -0.473. The predicted molar refractivity (Wildman–Crippen MR) is 88.0 cm³/mol. The lowest BCUT2D eigenvalue weighted by atomic mass is 9.87. The first-order valence-electron chi connectivity index (χ1n) is 8.59. The van der Waals surface area contributed by atoms with Gasteiger partial charge in [-0.1, -0.05) is 6.08 Å². The van der Waals surface area contributed by atoms with E-state index in [1.54, 1.807) is 4.90 Å². The highest BCUT2D eigenvalue weighted by atomic mass is 16.6. The summed E-state index contributed by atoms with van der Waals surface area (Å²) in [5.41, 5.74) is 1.10. The van der Waals surface area contributed by atoms with Gasteiger partial charge in [-0.3, -0.25) is 4.79 Å². The molecule has 0 atom stereocenters. The molecule has 0 aromatic heterocycles. The monoisotopic (exact) mass is 323 g/mol. The van der Waals surface area contributed by atoms with Crippen molar-refractivity contribution in [2.75, 3.05) is 19.7 Å². The van der Waals surface area contributed by atoms with E-state index in [0.717, 1.165) is 13.0 Å². The zero-order valence-electron chi connectivity index (χ0n) is 14.8. The average Bonchev–Trinajstić information content (AvgIpc) is 3.20. The number of hydrogen-bond donors (Lipinski definition) is 0. The second kappa shape index (κ2) is 6.93. The molecule has 5 heteroatoms. The summed E-state index contributed by atoms with van der Waals surface area (Å²) >= 11 is 0. The molecule has 130 valence electrons. The van der Waals surface area contributed by atoms with Crippen molar-refractivity contribution in [2.45, 2.75) is 65.4 Å². The fraction of sp³-hybridized carbons (Fsp3) is 0.778. The summed E-state index contributed by atoms with van der Waals surface area (Å²) < 4.78 is 10.4. The molecule has 0 aromatic carbocycles. The van der Waals surface area contributed by atoms with Crippen molar-refractivity contribution in [1.29, 1.82) is 0 Å². The van der Waals surface area contributed by atoms with Gasteiger partial charge in [0.1, 0.15) is 5.60 Å². The minimum absolute atomic E-state index is 0.158. The maximum atomic E-state index is 12.3. The number of nitrogens with zero attached hydrogens (tertiary/aromatic N) is 1. The van der Waals surface area contributed by atoms with Gasteiger partial charge in [-0.05, 0) is 64.4 Å². The first-order valence-corrected chi connectivity index (χ1v) is 8.59. The maximum Gasteiger partial charge on any atom is 0.410 e. The number of ether oxygens (including phenoxy) is 2. The molecule has 1 amide bonds. The summed E-state index contributed by atoms with van der Waals surface area (Å²) in [6, 6.07) is 0. The number of allylic oxidation sites excluding steroid dienone is 1. The van der Waals surface area contributed by atoms with Gasteiger partial charge in [0.2, 0.25) is 0 Å². The normalized spacial score (nSPS) is 21.4. The Kier molecular flexibility index (Phi) is 5.37. The first kappa shape index (κ1) is 17.8. The third-order valence-corrected chi connectivity index (χ3v) is 4.45. The highest BCUT2D eigenvalue weighted by Crippen LogP contribution is 2.56. The summed E-state index contributed by atoms with van der Waals surface area (Å²) in [6.45, 7) is 9.26. The Bertz CT molecular complexity index is 486. The van der Waals surface area contributed by atoms with Crippen LogP contribution in [0.3, 0.4) is 0 Å². The van der Waals surface area contributed by atoms with E-state index in [1.165, 1.54) is 18.4 Å². The molecule has 0 N–H and O–H groups in total. The Hall–Kier alpha value is -1.52. The largest absolute Gasteiger partial charge is 0.466 e. The van der Waals surface area contributed by atoms with Gasteiger partial charge in [-0.25, -0.2) is 4.79 Å². The highest BCUT2D eigenvalue weighted by Gasteiger charge is 2.49. The van der Waals surface area contributed by atoms with Crippen LogP contribution in [0, 0.1) is 5.41 Å². The maximum absolute atomic E-state index is 12.3. The lowest BCUT2D eigenvalue weighted by Crippen LogP contribution is -2.43. The van der Waals surface area contributed by atoms with Crippen molar-refractivity contribution in [1.82, 2.24) is 4.90 Å². The fourth-order valence-corrected chi connectivity index (χ4v) is 3.04. The number of amides is 1. The number of hydrogen-bond acceptors (Lipinski definition) is 4. The van der Waals surface area contributed by atoms with E-state index in [9.17, 15) is 9.59 Å². The summed E-state index contributed by atoms with van der Waals surface area (Å²) in [4.78, 5) is 25.5. The van der Waals surface area contributed by atoms with Crippen LogP contribution in [-0.2, 0) is 14.3 Å². The zero-order chi connectivity index (χ0) is 17.1. The summed E-state index contributed by atoms with van der Waals surface area (Å²) in [5.74, 6) is -0.158. The van der Waals surface area contributed by atoms with Crippen molar-refractivity contribution in [3.05, 3.63) is 11.6 Å². The van der Waals surface area contributed by atoms with Gasteiger partial charge in [0, 0.05) is 19.5 Å². The van der Waals surface area contributed by atoms with E-state index in [1.807, 2.05) is 27.7 Å². The van der Waals surface area contributed by atoms with Crippen LogP contribution in [0.1, 0.15) is 59.8 Å². The van der Waals surface area contributed by atoms with Crippen molar-refractivity contribution in [3.8, 4) is 0 Å². The van der Waals surface area contributed by atoms with Crippen LogP contribution in [0.4, 0.5) is 4.79 Å². The van der Waals surface area contributed by atoms with Crippen LogP contribution in [-0.4, -0.2) is 42.3 Å². The van der Waals surface area contributed by atoms with E-state index in [0.29, 0.717) is 26.0 Å². The SMILES string of the molecule is CCOC(=O)CC/C=C1\CN(C(=O)OC(C)(C)C)CCC12CC2. The average molecular weight is 323 g/mol. The molecule has 0 unspecified atom stereocenters. The molecule has 1 aliphatic heterocycles. The molecule has 0 aromatic rings. The van der Waals surface area contributed by atoms with Crippen LogP contribution >= 0.6 is 0 Å². The highest BCUT2D eigenvalue weighted by molar-refractivity contribution is 5.70. The van der Waals surface area contributed by atoms with Crippen LogP contribution in [0.25, 0.3) is 0 Å². The molecule has 2 rings (SSSR count). The van der Waals surface area contributed by atoms with Crippen LogP contribution in [0.2, 0.25) is 0 Å². The standard InChI is InChI=1S/C18H29NO4/c1-5-22-15(20)8-6-7-14-13-19(12-11-18(14)9-10-18)16(21)23-17(2,3)4/h7H,5-6,8-13H2,1-4H3/b14-7+. The van der Waals surface area contributed by atoms with Gasteiger partial charge in [0.15, 0.2) is 0 Å². The number of likely N-dealkylation sites (tertiary alicyclic amines) is 1. The molecular weight excluding hydrogens is 294 g/mol. The van der Waals surface area contributed by atoms with Crippen LogP contribution < -0.4 is 0 Å². The molecule has 1 spiro atoms. The zero-order valence-corrected chi connectivity index (χ0v) is 14.8. The second-order valence-electron chi connectivity index (χ2n) is 7.51. The van der Waals surface area contributed by atoms with Gasteiger partial charge in [-0.2, -0.15) is 0 Å². The molecule has 1 aliphatic carbocycles. The Labute approximate surface area is 139 Å². The topological polar surface area (TPSA) is 55.8 Å². The summed E-state index contributed by atoms with van der Waals surface area (Å²) in [6.07, 6.45) is 6.36. The van der Waals surface area contributed by atoms with Crippen molar-refractivity contribution >= 4 is 12.1 Å². The van der Waals surface area contributed by atoms with Crippen molar-refractivity contribution in [3.63, 3.8) is 0 Å². The number of piperidine rings is 1. The lowest BCUT2D eigenvalue weighted by molar-refractivity contribution is -0.143. The quantitative estimate of drug-likeness (QED) is 0.585. The molecule has 1 saturated heterocycles. The molecule has 1 heterocycles. The first-order chi connectivity index (χ1) is 10.8. The van der Waals surface area contributed by atoms with Gasteiger partial charge < -0.3 is 14.4 Å². The minimum Gasteiger partial charge on any atom is -0.466 e. The molecule has 0 radical (unpaired) electrons. The van der Waals surface area contributed by atoms with Crippen LogP contribution in [0.5, 0.6) is 0 Å². The molecule has 5 nitrogen and oxygen atoms in total. The Balaban J connectivity index is 1.94. The van der Waals surface area contributed by atoms with E-state index in [-0.39, 0.29) is 17.5 Å². The van der Waals surface area contributed by atoms with Gasteiger partial charge in [0.05, 0.1) is 6.61 Å². The number of esters is 1. The molecular formula is C18H29NO4. The van der Waals surface area contributed by atoms with Gasteiger partial charge in [-0.15, -0.1) is 0 Å².